The molecular weight excluding hydrogens is 399 g/mol. The van der Waals surface area contributed by atoms with Gasteiger partial charge in [0, 0.05) is 15.6 Å². The fraction of sp³-hybridized carbons (Fsp3) is 0.286. The Morgan fingerprint density at radius 2 is 1.82 bits per heavy atom. The van der Waals surface area contributed by atoms with E-state index in [1.807, 2.05) is 59.3 Å². The number of rotatable bonds is 7. The van der Waals surface area contributed by atoms with Crippen LogP contribution in [0.15, 0.2) is 54.6 Å². The van der Waals surface area contributed by atoms with Gasteiger partial charge in [-0.15, -0.1) is 0 Å². The number of hydrogen-bond donors (Lipinski definition) is 2. The molecule has 0 aliphatic rings. The highest BCUT2D eigenvalue weighted by atomic mass is 35.5. The smallest absolute Gasteiger partial charge is 0.180 e. The number of aliphatic hydroxyl groups excluding tert-OH is 1. The van der Waals surface area contributed by atoms with E-state index in [1.165, 1.54) is 0 Å². The third-order valence-electron chi connectivity index (χ3n) is 4.44. The molecule has 3 aromatic rings. The van der Waals surface area contributed by atoms with Crippen LogP contribution in [-0.2, 0) is 17.9 Å². The predicted molar refractivity (Wildman–Crippen MR) is 110 cm³/mol. The topological polar surface area (TPSA) is 67.5 Å². The summed E-state index contributed by atoms with van der Waals surface area (Å²) in [4.78, 5) is 0. The molecule has 0 fully saturated rings. The van der Waals surface area contributed by atoms with Crippen molar-refractivity contribution in [3.8, 4) is 11.3 Å². The molecule has 1 heterocycles. The van der Waals surface area contributed by atoms with Crippen LogP contribution < -0.4 is 0 Å². The first-order valence-corrected chi connectivity index (χ1v) is 9.58. The fourth-order valence-corrected chi connectivity index (χ4v) is 3.05. The third-order valence-corrected chi connectivity index (χ3v) is 5.05. The summed E-state index contributed by atoms with van der Waals surface area (Å²) in [5.74, 6) is 0. The molecule has 7 heteroatoms. The number of halogens is 2. The van der Waals surface area contributed by atoms with Crippen molar-refractivity contribution >= 4 is 23.2 Å². The molecule has 0 bridgehead atoms. The van der Waals surface area contributed by atoms with Crippen molar-refractivity contribution in [2.75, 3.05) is 0 Å². The van der Waals surface area contributed by atoms with E-state index in [0.29, 0.717) is 22.3 Å². The molecule has 3 rings (SSSR count). The molecule has 2 N–H and O–H groups in total. The zero-order chi connectivity index (χ0) is 20.3. The van der Waals surface area contributed by atoms with Crippen molar-refractivity contribution < 1.29 is 14.9 Å². The van der Waals surface area contributed by atoms with Gasteiger partial charge in [-0.1, -0.05) is 53.5 Å². The minimum Gasteiger partial charge on any atom is -0.366 e. The molecule has 0 spiro atoms. The van der Waals surface area contributed by atoms with Gasteiger partial charge in [-0.25, -0.2) is 0 Å². The van der Waals surface area contributed by atoms with Crippen molar-refractivity contribution in [1.29, 1.82) is 0 Å². The Kier molecular flexibility index (Phi) is 6.43. The Balaban J connectivity index is 1.94. The van der Waals surface area contributed by atoms with Crippen LogP contribution in [0.25, 0.3) is 11.3 Å². The molecule has 148 valence electrons. The molecule has 0 atom stereocenters. The maximum absolute atomic E-state index is 9.43. The molecule has 2 aromatic carbocycles. The van der Waals surface area contributed by atoms with Gasteiger partial charge in [0.15, 0.2) is 6.29 Å². The second kappa shape index (κ2) is 8.64. The number of ether oxygens (including phenoxy) is 1. The van der Waals surface area contributed by atoms with Gasteiger partial charge < -0.3 is 14.9 Å². The lowest BCUT2D eigenvalue weighted by Crippen LogP contribution is -2.38. The van der Waals surface area contributed by atoms with Gasteiger partial charge in [0.25, 0.3) is 0 Å². The summed E-state index contributed by atoms with van der Waals surface area (Å²) in [5.41, 5.74) is 2.27. The van der Waals surface area contributed by atoms with E-state index in [0.717, 1.165) is 16.8 Å². The number of aliphatic hydroxyl groups is 2. The van der Waals surface area contributed by atoms with E-state index >= 15 is 0 Å². The Bertz CT molecular complexity index is 954. The number of benzene rings is 2. The lowest BCUT2D eigenvalue weighted by Gasteiger charge is -2.26. The minimum absolute atomic E-state index is 0.133. The van der Waals surface area contributed by atoms with Crippen LogP contribution in [-0.4, -0.2) is 31.9 Å². The van der Waals surface area contributed by atoms with Gasteiger partial charge >= 0.3 is 0 Å². The molecule has 1 aromatic heterocycles. The zero-order valence-electron chi connectivity index (χ0n) is 15.6. The lowest BCUT2D eigenvalue weighted by atomic mass is 10.1. The molecule has 0 aliphatic carbocycles. The van der Waals surface area contributed by atoms with Crippen LogP contribution >= 0.6 is 23.2 Å². The van der Waals surface area contributed by atoms with Crippen molar-refractivity contribution in [3.63, 3.8) is 0 Å². The quantitative estimate of drug-likeness (QED) is 0.551. The van der Waals surface area contributed by atoms with E-state index in [-0.39, 0.29) is 6.61 Å². The standard InChI is InChI=1S/C21H22Cl2N2O3/c1-21(2,20(26)27)28-13-17-11-19(14-7-5-8-16(22)10-14)25(24-17)12-15-6-3-4-9-18(15)23/h3-11,20,26-27H,12-13H2,1-2H3. The van der Waals surface area contributed by atoms with E-state index in [2.05, 4.69) is 5.10 Å². The third kappa shape index (κ3) is 4.93. The summed E-state index contributed by atoms with van der Waals surface area (Å²) < 4.78 is 7.49. The van der Waals surface area contributed by atoms with Crippen molar-refractivity contribution in [2.45, 2.75) is 38.9 Å². The SMILES string of the molecule is CC(C)(OCc1cc(-c2cccc(Cl)c2)n(Cc2ccccc2Cl)n1)C(O)O. The highest BCUT2D eigenvalue weighted by molar-refractivity contribution is 6.31. The Morgan fingerprint density at radius 1 is 1.07 bits per heavy atom. The molecule has 0 radical (unpaired) electrons. The first-order valence-electron chi connectivity index (χ1n) is 8.82. The van der Waals surface area contributed by atoms with Crippen molar-refractivity contribution in [3.05, 3.63) is 75.9 Å². The molecule has 28 heavy (non-hydrogen) atoms. The summed E-state index contributed by atoms with van der Waals surface area (Å²) in [6, 6.07) is 17.0. The summed E-state index contributed by atoms with van der Waals surface area (Å²) >= 11 is 12.5. The minimum atomic E-state index is -1.59. The second-order valence-corrected chi connectivity index (χ2v) is 7.89. The predicted octanol–water partition coefficient (Wildman–Crippen LogP) is 4.51. The highest BCUT2D eigenvalue weighted by Gasteiger charge is 2.27. The highest BCUT2D eigenvalue weighted by Crippen LogP contribution is 2.27. The monoisotopic (exact) mass is 420 g/mol. The number of aromatic nitrogens is 2. The average molecular weight is 421 g/mol. The molecular formula is C21H22Cl2N2O3. The molecule has 0 aliphatic heterocycles. The summed E-state index contributed by atoms with van der Waals surface area (Å²) in [7, 11) is 0. The van der Waals surface area contributed by atoms with E-state index in [9.17, 15) is 10.2 Å². The van der Waals surface area contributed by atoms with Crippen LogP contribution in [0.1, 0.15) is 25.1 Å². The second-order valence-electron chi connectivity index (χ2n) is 7.05. The largest absolute Gasteiger partial charge is 0.366 e. The lowest BCUT2D eigenvalue weighted by molar-refractivity contribution is -0.197. The Hall–Kier alpha value is -1.89. The molecule has 0 amide bonds. The van der Waals surface area contributed by atoms with Gasteiger partial charge in [0.1, 0.15) is 5.60 Å². The summed E-state index contributed by atoms with van der Waals surface area (Å²) in [6.07, 6.45) is -1.59. The van der Waals surface area contributed by atoms with Gasteiger partial charge in [-0.3, -0.25) is 4.68 Å². The Morgan fingerprint density at radius 3 is 2.50 bits per heavy atom. The number of nitrogens with zero attached hydrogens (tertiary/aromatic N) is 2. The van der Waals surface area contributed by atoms with Crippen LogP contribution in [0.3, 0.4) is 0 Å². The van der Waals surface area contributed by atoms with Gasteiger partial charge in [-0.2, -0.15) is 5.10 Å². The van der Waals surface area contributed by atoms with Crippen LogP contribution in [0.4, 0.5) is 0 Å². The number of hydrogen-bond acceptors (Lipinski definition) is 4. The van der Waals surface area contributed by atoms with Gasteiger partial charge in [0.05, 0.1) is 24.5 Å². The van der Waals surface area contributed by atoms with Crippen LogP contribution in [0.5, 0.6) is 0 Å². The van der Waals surface area contributed by atoms with Crippen LogP contribution in [0.2, 0.25) is 10.0 Å². The molecule has 0 unspecified atom stereocenters. The van der Waals surface area contributed by atoms with Crippen molar-refractivity contribution in [2.24, 2.45) is 0 Å². The Labute approximate surface area is 174 Å². The van der Waals surface area contributed by atoms with E-state index in [1.54, 1.807) is 13.8 Å². The first-order chi connectivity index (χ1) is 13.3. The molecule has 5 nitrogen and oxygen atoms in total. The van der Waals surface area contributed by atoms with Gasteiger partial charge in [-0.05, 0) is 43.7 Å². The van der Waals surface area contributed by atoms with Gasteiger partial charge in [0.2, 0.25) is 0 Å². The zero-order valence-corrected chi connectivity index (χ0v) is 17.2. The molecule has 0 saturated carbocycles. The van der Waals surface area contributed by atoms with E-state index < -0.39 is 11.9 Å². The average Bonchev–Trinajstić information content (AvgIpc) is 3.05. The van der Waals surface area contributed by atoms with Crippen molar-refractivity contribution in [1.82, 2.24) is 9.78 Å². The van der Waals surface area contributed by atoms with E-state index in [4.69, 9.17) is 27.9 Å². The van der Waals surface area contributed by atoms with Crippen LogP contribution in [0, 0.1) is 0 Å². The normalized spacial score (nSPS) is 12.0. The maximum atomic E-state index is 9.43. The summed E-state index contributed by atoms with van der Waals surface area (Å²) in [5, 5.41) is 24.8. The summed E-state index contributed by atoms with van der Waals surface area (Å²) in [6.45, 7) is 3.83. The first kappa shape index (κ1) is 20.8. The fourth-order valence-electron chi connectivity index (χ4n) is 2.66. The molecule has 0 saturated heterocycles. The maximum Gasteiger partial charge on any atom is 0.180 e.